The highest BCUT2D eigenvalue weighted by Gasteiger charge is 2.14. The molecule has 0 aliphatic heterocycles. The van der Waals surface area contributed by atoms with Crippen molar-refractivity contribution in [3.63, 3.8) is 0 Å². The molecule has 2 nitrogen and oxygen atoms in total. The Labute approximate surface area is 120 Å². The summed E-state index contributed by atoms with van der Waals surface area (Å²) < 4.78 is 19.8. The summed E-state index contributed by atoms with van der Waals surface area (Å²) in [5.74, 6) is 0.479. The van der Waals surface area contributed by atoms with Crippen LogP contribution in [0.15, 0.2) is 46.9 Å². The first-order valence-electron chi connectivity index (χ1n) is 5.94. The molecule has 0 heterocycles. The Bertz CT molecular complexity index is 574. The summed E-state index contributed by atoms with van der Waals surface area (Å²) in [5.41, 5.74) is 7.63. The number of nitrogens with two attached hydrogens (primary N) is 1. The molecule has 0 radical (unpaired) electrons. The Morgan fingerprint density at radius 3 is 2.68 bits per heavy atom. The lowest BCUT2D eigenvalue weighted by molar-refractivity contribution is 0.405. The molecule has 2 N–H and O–H groups in total. The van der Waals surface area contributed by atoms with E-state index in [0.29, 0.717) is 12.0 Å². The highest BCUT2D eigenvalue weighted by Crippen LogP contribution is 2.27. The third-order valence-electron chi connectivity index (χ3n) is 2.99. The Kier molecular flexibility index (Phi) is 4.56. The van der Waals surface area contributed by atoms with Crippen LogP contribution in [0.2, 0.25) is 0 Å². The van der Waals surface area contributed by atoms with Crippen LogP contribution in [0.25, 0.3) is 0 Å². The van der Waals surface area contributed by atoms with Crippen LogP contribution in [0, 0.1) is 5.82 Å². The summed E-state index contributed by atoms with van der Waals surface area (Å²) in [4.78, 5) is 0. The summed E-state index contributed by atoms with van der Waals surface area (Å²) in [7, 11) is 1.60. The van der Waals surface area contributed by atoms with Gasteiger partial charge in [0.15, 0.2) is 0 Å². The molecule has 2 aromatic rings. The smallest absolute Gasteiger partial charge is 0.127 e. The van der Waals surface area contributed by atoms with E-state index in [2.05, 4.69) is 15.9 Å². The highest BCUT2D eigenvalue weighted by atomic mass is 79.9. The number of rotatable bonds is 4. The van der Waals surface area contributed by atoms with Crippen LogP contribution in [-0.4, -0.2) is 7.11 Å². The second-order valence-corrected chi connectivity index (χ2v) is 5.20. The van der Waals surface area contributed by atoms with E-state index in [0.717, 1.165) is 15.8 Å². The minimum absolute atomic E-state index is 0.250. The summed E-state index contributed by atoms with van der Waals surface area (Å²) in [6.07, 6.45) is 0.430. The van der Waals surface area contributed by atoms with Crippen LogP contribution in [0.5, 0.6) is 5.75 Å². The predicted molar refractivity (Wildman–Crippen MR) is 77.7 cm³/mol. The van der Waals surface area contributed by atoms with Crippen molar-refractivity contribution in [2.45, 2.75) is 12.5 Å². The van der Waals surface area contributed by atoms with E-state index >= 15 is 0 Å². The number of para-hydroxylation sites is 1. The fraction of sp³-hybridized carbons (Fsp3) is 0.200. The lowest BCUT2D eigenvalue weighted by Crippen LogP contribution is -2.15. The van der Waals surface area contributed by atoms with E-state index in [9.17, 15) is 4.39 Å². The van der Waals surface area contributed by atoms with E-state index in [1.807, 2.05) is 30.3 Å². The number of benzene rings is 2. The van der Waals surface area contributed by atoms with Gasteiger partial charge in [0.2, 0.25) is 0 Å². The SMILES string of the molecule is COc1ccccc1C(N)Cc1ccc(Br)cc1F. The van der Waals surface area contributed by atoms with Gasteiger partial charge in [-0.1, -0.05) is 40.2 Å². The molecular weight excluding hydrogens is 309 g/mol. The van der Waals surface area contributed by atoms with E-state index in [1.54, 1.807) is 13.2 Å². The van der Waals surface area contributed by atoms with Crippen molar-refractivity contribution in [3.05, 3.63) is 63.9 Å². The normalized spacial score (nSPS) is 12.2. The zero-order valence-corrected chi connectivity index (χ0v) is 12.2. The summed E-state index contributed by atoms with van der Waals surface area (Å²) >= 11 is 3.24. The molecular formula is C15H15BrFNO. The van der Waals surface area contributed by atoms with Gasteiger partial charge in [-0.2, -0.15) is 0 Å². The topological polar surface area (TPSA) is 35.2 Å². The lowest BCUT2D eigenvalue weighted by atomic mass is 9.98. The van der Waals surface area contributed by atoms with Crippen LogP contribution in [0.1, 0.15) is 17.2 Å². The van der Waals surface area contributed by atoms with Crippen molar-refractivity contribution in [3.8, 4) is 5.75 Å². The zero-order chi connectivity index (χ0) is 13.8. The van der Waals surface area contributed by atoms with E-state index in [1.165, 1.54) is 6.07 Å². The minimum Gasteiger partial charge on any atom is -0.496 e. The van der Waals surface area contributed by atoms with Gasteiger partial charge in [-0.3, -0.25) is 0 Å². The second kappa shape index (κ2) is 6.17. The number of ether oxygens (including phenoxy) is 1. The molecule has 0 bridgehead atoms. The Morgan fingerprint density at radius 2 is 2.00 bits per heavy atom. The van der Waals surface area contributed by atoms with Crippen molar-refractivity contribution >= 4 is 15.9 Å². The molecule has 0 aliphatic carbocycles. The Hall–Kier alpha value is -1.39. The van der Waals surface area contributed by atoms with Gasteiger partial charge in [-0.05, 0) is 30.2 Å². The number of hydrogen-bond acceptors (Lipinski definition) is 2. The molecule has 4 heteroatoms. The average molecular weight is 324 g/mol. The van der Waals surface area contributed by atoms with E-state index in [4.69, 9.17) is 10.5 Å². The second-order valence-electron chi connectivity index (χ2n) is 4.29. The molecule has 0 amide bonds. The Morgan fingerprint density at radius 1 is 1.26 bits per heavy atom. The third kappa shape index (κ3) is 3.33. The molecule has 0 aliphatic rings. The molecule has 0 saturated carbocycles. The number of hydrogen-bond donors (Lipinski definition) is 1. The van der Waals surface area contributed by atoms with Gasteiger partial charge in [-0.15, -0.1) is 0 Å². The molecule has 0 saturated heterocycles. The number of halogens is 2. The fourth-order valence-corrected chi connectivity index (χ4v) is 2.34. The first-order chi connectivity index (χ1) is 9.11. The van der Waals surface area contributed by atoms with Crippen LogP contribution in [0.4, 0.5) is 4.39 Å². The van der Waals surface area contributed by atoms with Crippen LogP contribution < -0.4 is 10.5 Å². The predicted octanol–water partition coefficient (Wildman–Crippen LogP) is 3.84. The highest BCUT2D eigenvalue weighted by molar-refractivity contribution is 9.10. The van der Waals surface area contributed by atoms with Crippen LogP contribution in [0.3, 0.4) is 0 Å². The number of methoxy groups -OCH3 is 1. The average Bonchev–Trinajstić information content (AvgIpc) is 2.41. The molecule has 0 fully saturated rings. The monoisotopic (exact) mass is 323 g/mol. The largest absolute Gasteiger partial charge is 0.496 e. The van der Waals surface area contributed by atoms with Gasteiger partial charge in [0.05, 0.1) is 7.11 Å². The van der Waals surface area contributed by atoms with Gasteiger partial charge in [-0.25, -0.2) is 4.39 Å². The maximum Gasteiger partial charge on any atom is 0.127 e. The standard InChI is InChI=1S/C15H15BrFNO/c1-19-15-5-3-2-4-12(15)14(18)8-10-6-7-11(16)9-13(10)17/h2-7,9,14H,8,18H2,1H3. The third-order valence-corrected chi connectivity index (χ3v) is 3.49. The van der Waals surface area contributed by atoms with E-state index < -0.39 is 0 Å². The van der Waals surface area contributed by atoms with Gasteiger partial charge >= 0.3 is 0 Å². The van der Waals surface area contributed by atoms with Crippen molar-refractivity contribution in [2.24, 2.45) is 5.73 Å². The summed E-state index contributed by atoms with van der Waals surface area (Å²) in [6, 6.07) is 12.2. The van der Waals surface area contributed by atoms with Crippen LogP contribution in [-0.2, 0) is 6.42 Å². The fourth-order valence-electron chi connectivity index (χ4n) is 2.01. The summed E-state index contributed by atoms with van der Waals surface area (Å²) in [6.45, 7) is 0. The zero-order valence-electron chi connectivity index (χ0n) is 10.6. The minimum atomic E-state index is -0.299. The van der Waals surface area contributed by atoms with Crippen LogP contribution >= 0.6 is 15.9 Å². The first-order valence-corrected chi connectivity index (χ1v) is 6.73. The molecule has 19 heavy (non-hydrogen) atoms. The van der Waals surface area contributed by atoms with Crippen molar-refractivity contribution in [2.75, 3.05) is 7.11 Å². The quantitative estimate of drug-likeness (QED) is 0.927. The van der Waals surface area contributed by atoms with Crippen molar-refractivity contribution < 1.29 is 9.13 Å². The molecule has 1 unspecified atom stereocenters. The van der Waals surface area contributed by atoms with Gasteiger partial charge in [0.25, 0.3) is 0 Å². The molecule has 2 aromatic carbocycles. The van der Waals surface area contributed by atoms with Gasteiger partial charge < -0.3 is 10.5 Å². The van der Waals surface area contributed by atoms with Crippen molar-refractivity contribution in [1.29, 1.82) is 0 Å². The molecule has 0 spiro atoms. The van der Waals surface area contributed by atoms with Gasteiger partial charge in [0.1, 0.15) is 11.6 Å². The maximum absolute atomic E-state index is 13.8. The molecule has 2 rings (SSSR count). The van der Waals surface area contributed by atoms with Crippen molar-refractivity contribution in [1.82, 2.24) is 0 Å². The van der Waals surface area contributed by atoms with Gasteiger partial charge in [0, 0.05) is 16.1 Å². The molecule has 0 aromatic heterocycles. The Balaban J connectivity index is 2.23. The van der Waals surface area contributed by atoms with E-state index in [-0.39, 0.29) is 11.9 Å². The molecule has 1 atom stereocenters. The first kappa shape index (κ1) is 14.0. The lowest BCUT2D eigenvalue weighted by Gasteiger charge is -2.16. The maximum atomic E-state index is 13.8. The molecule has 100 valence electrons. The summed E-state index contributed by atoms with van der Waals surface area (Å²) in [5, 5.41) is 0.